The summed E-state index contributed by atoms with van der Waals surface area (Å²) in [5.74, 6) is 0.925. The minimum Gasteiger partial charge on any atom is -0.398 e. The molecule has 1 fully saturated rings. The van der Waals surface area contributed by atoms with Crippen LogP contribution in [0.3, 0.4) is 0 Å². The lowest BCUT2D eigenvalue weighted by Crippen LogP contribution is -2.32. The van der Waals surface area contributed by atoms with Crippen molar-refractivity contribution in [2.45, 2.75) is 19.4 Å². The quantitative estimate of drug-likeness (QED) is 0.791. The third kappa shape index (κ3) is 2.04. The van der Waals surface area contributed by atoms with Crippen LogP contribution in [-0.2, 0) is 4.74 Å². The Kier molecular flexibility index (Phi) is 2.77. The van der Waals surface area contributed by atoms with Crippen molar-refractivity contribution in [3.8, 4) is 0 Å². The molecule has 4 nitrogen and oxygen atoms in total. The Morgan fingerprint density at radius 1 is 1.60 bits per heavy atom. The van der Waals surface area contributed by atoms with E-state index < -0.39 is 0 Å². The van der Waals surface area contributed by atoms with Gasteiger partial charge in [-0.15, -0.1) is 0 Å². The number of nitrogen functional groups attached to an aromatic ring is 1. The van der Waals surface area contributed by atoms with Crippen molar-refractivity contribution in [2.24, 2.45) is 0 Å². The van der Waals surface area contributed by atoms with E-state index in [-0.39, 0.29) is 0 Å². The van der Waals surface area contributed by atoms with Gasteiger partial charge in [0, 0.05) is 31.6 Å². The third-order valence-electron chi connectivity index (χ3n) is 2.95. The van der Waals surface area contributed by atoms with Crippen molar-refractivity contribution in [3.63, 3.8) is 0 Å². The first-order valence-corrected chi connectivity index (χ1v) is 5.21. The summed E-state index contributed by atoms with van der Waals surface area (Å²) in [5, 5.41) is 0. The molecule has 2 heterocycles. The molecular weight excluding hydrogens is 190 g/mol. The molecule has 1 aliphatic heterocycles. The summed E-state index contributed by atoms with van der Waals surface area (Å²) >= 11 is 0. The minimum absolute atomic E-state index is 0.430. The zero-order valence-electron chi connectivity index (χ0n) is 9.23. The van der Waals surface area contributed by atoms with E-state index in [9.17, 15) is 0 Å². The SMILES string of the molecule is Cc1cnc(N(C)C2CCOC2)cc1N. The summed E-state index contributed by atoms with van der Waals surface area (Å²) in [5.41, 5.74) is 7.68. The number of nitrogens with two attached hydrogens (primary N) is 1. The lowest BCUT2D eigenvalue weighted by molar-refractivity contribution is 0.193. The fraction of sp³-hybridized carbons (Fsp3) is 0.545. The number of anilines is 2. The summed E-state index contributed by atoms with van der Waals surface area (Å²) in [7, 11) is 2.04. The van der Waals surface area contributed by atoms with Crippen LogP contribution in [0.25, 0.3) is 0 Å². The highest BCUT2D eigenvalue weighted by Crippen LogP contribution is 2.21. The molecule has 0 aliphatic carbocycles. The second kappa shape index (κ2) is 4.06. The highest BCUT2D eigenvalue weighted by atomic mass is 16.5. The van der Waals surface area contributed by atoms with Gasteiger partial charge in [-0.05, 0) is 18.9 Å². The fourth-order valence-electron chi connectivity index (χ4n) is 1.74. The van der Waals surface area contributed by atoms with E-state index in [1.165, 1.54) is 0 Å². The predicted molar refractivity (Wildman–Crippen MR) is 61.0 cm³/mol. The van der Waals surface area contributed by atoms with Crippen molar-refractivity contribution < 1.29 is 4.74 Å². The predicted octanol–water partition coefficient (Wildman–Crippen LogP) is 1.20. The van der Waals surface area contributed by atoms with Gasteiger partial charge >= 0.3 is 0 Å². The Morgan fingerprint density at radius 3 is 3.00 bits per heavy atom. The smallest absolute Gasteiger partial charge is 0.130 e. The second-order valence-electron chi connectivity index (χ2n) is 4.03. The van der Waals surface area contributed by atoms with E-state index in [2.05, 4.69) is 9.88 Å². The number of ether oxygens (including phenoxy) is 1. The fourth-order valence-corrected chi connectivity index (χ4v) is 1.74. The number of hydrogen-bond acceptors (Lipinski definition) is 4. The maximum atomic E-state index is 5.86. The summed E-state index contributed by atoms with van der Waals surface area (Å²) in [6, 6.07) is 2.35. The molecule has 1 aromatic rings. The molecule has 1 atom stereocenters. The van der Waals surface area contributed by atoms with Gasteiger partial charge in [-0.3, -0.25) is 0 Å². The van der Waals surface area contributed by atoms with Gasteiger partial charge in [0.05, 0.1) is 12.6 Å². The molecule has 4 heteroatoms. The summed E-state index contributed by atoms with van der Waals surface area (Å²) < 4.78 is 5.35. The molecule has 1 aliphatic rings. The largest absolute Gasteiger partial charge is 0.398 e. The number of nitrogens with zero attached hydrogens (tertiary/aromatic N) is 2. The molecule has 2 rings (SSSR count). The van der Waals surface area contributed by atoms with Gasteiger partial charge in [0.1, 0.15) is 5.82 Å². The van der Waals surface area contributed by atoms with Gasteiger partial charge < -0.3 is 15.4 Å². The van der Waals surface area contributed by atoms with Crippen LogP contribution in [0.5, 0.6) is 0 Å². The van der Waals surface area contributed by atoms with Gasteiger partial charge in [0.25, 0.3) is 0 Å². The van der Waals surface area contributed by atoms with Crippen molar-refractivity contribution in [1.82, 2.24) is 4.98 Å². The Bertz CT molecular complexity index is 348. The van der Waals surface area contributed by atoms with Gasteiger partial charge in [-0.2, -0.15) is 0 Å². The van der Waals surface area contributed by atoms with Gasteiger partial charge in [0.15, 0.2) is 0 Å². The van der Waals surface area contributed by atoms with Crippen molar-refractivity contribution in [1.29, 1.82) is 0 Å². The summed E-state index contributed by atoms with van der Waals surface area (Å²) in [6.45, 7) is 3.59. The highest BCUT2D eigenvalue weighted by Gasteiger charge is 2.21. The standard InChI is InChI=1S/C11H17N3O/c1-8-6-13-11(5-10(8)12)14(2)9-3-4-15-7-9/h5-6,9H,3-4,7H2,1-2H3,(H2,12,13). The summed E-state index contributed by atoms with van der Waals surface area (Å²) in [6.07, 6.45) is 2.88. The average molecular weight is 207 g/mol. The molecule has 1 unspecified atom stereocenters. The maximum Gasteiger partial charge on any atom is 0.130 e. The molecule has 1 aromatic heterocycles. The van der Waals surface area contributed by atoms with Crippen LogP contribution in [0.4, 0.5) is 11.5 Å². The van der Waals surface area contributed by atoms with E-state index in [0.29, 0.717) is 6.04 Å². The molecule has 82 valence electrons. The summed E-state index contributed by atoms with van der Waals surface area (Å²) in [4.78, 5) is 6.52. The Labute approximate surface area is 90.0 Å². The first kappa shape index (κ1) is 10.2. The van der Waals surface area contributed by atoms with Crippen LogP contribution >= 0.6 is 0 Å². The van der Waals surface area contributed by atoms with Crippen LogP contribution < -0.4 is 10.6 Å². The van der Waals surface area contributed by atoms with E-state index in [0.717, 1.165) is 36.7 Å². The minimum atomic E-state index is 0.430. The number of rotatable bonds is 2. The van der Waals surface area contributed by atoms with Gasteiger partial charge in [-0.25, -0.2) is 4.98 Å². The van der Waals surface area contributed by atoms with Crippen molar-refractivity contribution in [2.75, 3.05) is 30.9 Å². The zero-order chi connectivity index (χ0) is 10.8. The molecular formula is C11H17N3O. The monoisotopic (exact) mass is 207 g/mol. The third-order valence-corrected chi connectivity index (χ3v) is 2.95. The Balaban J connectivity index is 2.17. The van der Waals surface area contributed by atoms with E-state index in [1.807, 2.05) is 26.2 Å². The molecule has 2 N–H and O–H groups in total. The van der Waals surface area contributed by atoms with Gasteiger partial charge in [0.2, 0.25) is 0 Å². The number of pyridine rings is 1. The van der Waals surface area contributed by atoms with E-state index >= 15 is 0 Å². The lowest BCUT2D eigenvalue weighted by Gasteiger charge is -2.24. The molecule has 15 heavy (non-hydrogen) atoms. The Hall–Kier alpha value is -1.29. The van der Waals surface area contributed by atoms with Crippen LogP contribution in [0.2, 0.25) is 0 Å². The van der Waals surface area contributed by atoms with Crippen LogP contribution in [-0.4, -0.2) is 31.3 Å². The first-order chi connectivity index (χ1) is 7.18. The molecule has 0 spiro atoms. The Morgan fingerprint density at radius 2 is 2.40 bits per heavy atom. The number of aromatic nitrogens is 1. The van der Waals surface area contributed by atoms with E-state index in [1.54, 1.807) is 0 Å². The van der Waals surface area contributed by atoms with E-state index in [4.69, 9.17) is 10.5 Å². The maximum absolute atomic E-state index is 5.86. The molecule has 1 saturated heterocycles. The van der Waals surface area contributed by atoms with Crippen LogP contribution in [0.1, 0.15) is 12.0 Å². The zero-order valence-corrected chi connectivity index (χ0v) is 9.23. The van der Waals surface area contributed by atoms with Crippen LogP contribution in [0.15, 0.2) is 12.3 Å². The normalized spacial score (nSPS) is 20.5. The highest BCUT2D eigenvalue weighted by molar-refractivity contribution is 5.54. The lowest BCUT2D eigenvalue weighted by atomic mass is 10.2. The number of likely N-dealkylation sites (N-methyl/N-ethyl adjacent to an activating group) is 1. The average Bonchev–Trinajstić information content (AvgIpc) is 2.74. The van der Waals surface area contributed by atoms with Crippen molar-refractivity contribution in [3.05, 3.63) is 17.8 Å². The van der Waals surface area contributed by atoms with Gasteiger partial charge in [-0.1, -0.05) is 0 Å². The molecule has 0 aromatic carbocycles. The molecule has 0 saturated carbocycles. The van der Waals surface area contributed by atoms with Crippen molar-refractivity contribution >= 4 is 11.5 Å². The number of aryl methyl sites for hydroxylation is 1. The molecule has 0 amide bonds. The molecule has 0 radical (unpaired) electrons. The molecule has 0 bridgehead atoms. The topological polar surface area (TPSA) is 51.4 Å². The first-order valence-electron chi connectivity index (χ1n) is 5.21. The van der Waals surface area contributed by atoms with Crippen LogP contribution in [0, 0.1) is 6.92 Å². The number of hydrogen-bond donors (Lipinski definition) is 1. The second-order valence-corrected chi connectivity index (χ2v) is 4.03.